The van der Waals surface area contributed by atoms with Crippen LogP contribution >= 0.6 is 23.2 Å². The second-order valence-electron chi connectivity index (χ2n) is 3.98. The fourth-order valence-corrected chi connectivity index (χ4v) is 1.85. The SMILES string of the molecule is O=C(NCCNc1ncc(Cl)cc1Cl)C1CC1. The molecular weight excluding hydrogens is 261 g/mol. The highest BCUT2D eigenvalue weighted by Crippen LogP contribution is 2.28. The molecule has 1 aromatic rings. The predicted molar refractivity (Wildman–Crippen MR) is 68.5 cm³/mol. The third-order valence-corrected chi connectivity index (χ3v) is 2.97. The summed E-state index contributed by atoms with van der Waals surface area (Å²) in [4.78, 5) is 15.4. The maximum atomic E-state index is 11.3. The van der Waals surface area contributed by atoms with Crippen LogP contribution < -0.4 is 10.6 Å². The molecule has 1 amide bonds. The lowest BCUT2D eigenvalue weighted by molar-refractivity contribution is -0.122. The molecule has 2 N–H and O–H groups in total. The Kier molecular flexibility index (Phi) is 4.07. The number of amides is 1. The Bertz CT molecular complexity index is 421. The fourth-order valence-electron chi connectivity index (χ4n) is 1.40. The summed E-state index contributed by atoms with van der Waals surface area (Å²) in [6.07, 6.45) is 3.56. The van der Waals surface area contributed by atoms with E-state index in [-0.39, 0.29) is 11.8 Å². The molecule has 6 heteroatoms. The van der Waals surface area contributed by atoms with E-state index >= 15 is 0 Å². The van der Waals surface area contributed by atoms with Crippen LogP contribution in [-0.4, -0.2) is 24.0 Å². The summed E-state index contributed by atoms with van der Waals surface area (Å²) in [7, 11) is 0. The molecule has 0 saturated heterocycles. The minimum Gasteiger partial charge on any atom is -0.367 e. The number of anilines is 1. The molecule has 17 heavy (non-hydrogen) atoms. The molecule has 0 aliphatic heterocycles. The van der Waals surface area contributed by atoms with Gasteiger partial charge in [0, 0.05) is 25.2 Å². The molecule has 1 aliphatic carbocycles. The second-order valence-corrected chi connectivity index (χ2v) is 4.82. The highest BCUT2D eigenvalue weighted by molar-refractivity contribution is 6.35. The molecular formula is C11H13Cl2N3O. The number of carbonyl (C=O) groups is 1. The maximum absolute atomic E-state index is 11.3. The highest BCUT2D eigenvalue weighted by atomic mass is 35.5. The standard InChI is InChI=1S/C11H13Cl2N3O/c12-8-5-9(13)10(16-6-8)14-3-4-15-11(17)7-1-2-7/h5-7H,1-4H2,(H,14,16)(H,15,17). The van der Waals surface area contributed by atoms with E-state index in [9.17, 15) is 4.79 Å². The molecule has 1 aliphatic rings. The van der Waals surface area contributed by atoms with Crippen molar-refractivity contribution >= 4 is 34.9 Å². The lowest BCUT2D eigenvalue weighted by Crippen LogP contribution is -2.29. The van der Waals surface area contributed by atoms with Crippen LogP contribution in [0.5, 0.6) is 0 Å². The molecule has 1 heterocycles. The normalized spacial score (nSPS) is 14.5. The lowest BCUT2D eigenvalue weighted by atomic mass is 10.4. The molecule has 0 atom stereocenters. The number of nitrogens with zero attached hydrogens (tertiary/aromatic N) is 1. The third-order valence-electron chi connectivity index (χ3n) is 2.47. The van der Waals surface area contributed by atoms with Gasteiger partial charge in [0.15, 0.2) is 0 Å². The van der Waals surface area contributed by atoms with Gasteiger partial charge < -0.3 is 10.6 Å². The van der Waals surface area contributed by atoms with Crippen molar-refractivity contribution in [2.24, 2.45) is 5.92 Å². The van der Waals surface area contributed by atoms with E-state index in [1.54, 1.807) is 6.07 Å². The van der Waals surface area contributed by atoms with Gasteiger partial charge in [-0.15, -0.1) is 0 Å². The molecule has 1 aromatic heterocycles. The molecule has 4 nitrogen and oxygen atoms in total. The van der Waals surface area contributed by atoms with Crippen LogP contribution in [0.3, 0.4) is 0 Å². The number of halogens is 2. The van der Waals surface area contributed by atoms with Crippen LogP contribution in [-0.2, 0) is 4.79 Å². The molecule has 0 radical (unpaired) electrons. The topological polar surface area (TPSA) is 54.0 Å². The van der Waals surface area contributed by atoms with Crippen molar-refractivity contribution in [2.75, 3.05) is 18.4 Å². The van der Waals surface area contributed by atoms with Gasteiger partial charge in [-0.3, -0.25) is 4.79 Å². The number of hydrogen-bond donors (Lipinski definition) is 2. The first kappa shape index (κ1) is 12.5. The number of carbonyl (C=O) groups excluding carboxylic acids is 1. The van der Waals surface area contributed by atoms with Gasteiger partial charge in [0.1, 0.15) is 5.82 Å². The van der Waals surface area contributed by atoms with Crippen molar-refractivity contribution in [3.8, 4) is 0 Å². The maximum Gasteiger partial charge on any atom is 0.223 e. The summed E-state index contributed by atoms with van der Waals surface area (Å²) in [5.41, 5.74) is 0. The van der Waals surface area contributed by atoms with Crippen molar-refractivity contribution in [1.82, 2.24) is 10.3 Å². The van der Waals surface area contributed by atoms with E-state index in [0.717, 1.165) is 12.8 Å². The fraction of sp³-hybridized carbons (Fsp3) is 0.455. The smallest absolute Gasteiger partial charge is 0.223 e. The summed E-state index contributed by atoms with van der Waals surface area (Å²) < 4.78 is 0. The molecule has 0 unspecified atom stereocenters. The largest absolute Gasteiger partial charge is 0.367 e. The summed E-state index contributed by atoms with van der Waals surface area (Å²) in [6.45, 7) is 1.16. The number of nitrogens with one attached hydrogen (secondary N) is 2. The molecule has 2 rings (SSSR count). The molecule has 0 aromatic carbocycles. The van der Waals surface area contributed by atoms with Crippen molar-refractivity contribution in [3.05, 3.63) is 22.3 Å². The monoisotopic (exact) mass is 273 g/mol. The average molecular weight is 274 g/mol. The third kappa shape index (κ3) is 3.75. The van der Waals surface area contributed by atoms with Crippen molar-refractivity contribution < 1.29 is 4.79 Å². The molecule has 0 spiro atoms. The van der Waals surface area contributed by atoms with E-state index in [4.69, 9.17) is 23.2 Å². The zero-order chi connectivity index (χ0) is 12.3. The Balaban J connectivity index is 1.72. The van der Waals surface area contributed by atoms with Gasteiger partial charge in [0.25, 0.3) is 0 Å². The minimum absolute atomic E-state index is 0.141. The van der Waals surface area contributed by atoms with Gasteiger partial charge in [-0.25, -0.2) is 4.98 Å². The Labute approximate surface area is 110 Å². The van der Waals surface area contributed by atoms with Crippen molar-refractivity contribution in [1.29, 1.82) is 0 Å². The van der Waals surface area contributed by atoms with Gasteiger partial charge in [0.05, 0.1) is 10.0 Å². The van der Waals surface area contributed by atoms with E-state index in [2.05, 4.69) is 15.6 Å². The van der Waals surface area contributed by atoms with Crippen molar-refractivity contribution in [2.45, 2.75) is 12.8 Å². The van der Waals surface area contributed by atoms with E-state index in [1.165, 1.54) is 6.20 Å². The van der Waals surface area contributed by atoms with Crippen LogP contribution in [0.15, 0.2) is 12.3 Å². The molecule has 1 fully saturated rings. The zero-order valence-electron chi connectivity index (χ0n) is 9.17. The van der Waals surface area contributed by atoms with Crippen LogP contribution in [0.25, 0.3) is 0 Å². The van der Waals surface area contributed by atoms with E-state index < -0.39 is 0 Å². The second kappa shape index (κ2) is 5.56. The first-order valence-electron chi connectivity index (χ1n) is 5.49. The number of aromatic nitrogens is 1. The molecule has 0 bridgehead atoms. The Hall–Kier alpha value is -1.000. The summed E-state index contributed by atoms with van der Waals surface area (Å²) >= 11 is 11.7. The quantitative estimate of drug-likeness (QED) is 0.810. The number of hydrogen-bond acceptors (Lipinski definition) is 3. The Morgan fingerprint density at radius 1 is 1.41 bits per heavy atom. The minimum atomic E-state index is 0.141. The molecule has 1 saturated carbocycles. The summed E-state index contributed by atoms with van der Waals surface area (Å²) in [5, 5.41) is 6.87. The van der Waals surface area contributed by atoms with E-state index in [1.807, 2.05) is 0 Å². The lowest BCUT2D eigenvalue weighted by Gasteiger charge is -2.08. The zero-order valence-corrected chi connectivity index (χ0v) is 10.7. The Morgan fingerprint density at radius 2 is 2.18 bits per heavy atom. The van der Waals surface area contributed by atoms with Crippen LogP contribution in [0.4, 0.5) is 5.82 Å². The first-order chi connectivity index (χ1) is 8.16. The predicted octanol–water partition coefficient (Wildman–Crippen LogP) is 2.33. The first-order valence-corrected chi connectivity index (χ1v) is 6.25. The number of pyridine rings is 1. The molecule has 92 valence electrons. The van der Waals surface area contributed by atoms with Crippen LogP contribution in [0.1, 0.15) is 12.8 Å². The van der Waals surface area contributed by atoms with Gasteiger partial charge in [-0.1, -0.05) is 23.2 Å². The van der Waals surface area contributed by atoms with Gasteiger partial charge in [-0.2, -0.15) is 0 Å². The van der Waals surface area contributed by atoms with E-state index in [0.29, 0.717) is 29.0 Å². The summed E-state index contributed by atoms with van der Waals surface area (Å²) in [6, 6.07) is 1.63. The Morgan fingerprint density at radius 3 is 2.82 bits per heavy atom. The van der Waals surface area contributed by atoms with Gasteiger partial charge >= 0.3 is 0 Å². The average Bonchev–Trinajstić information content (AvgIpc) is 3.10. The van der Waals surface area contributed by atoms with Gasteiger partial charge in [0.2, 0.25) is 5.91 Å². The highest BCUT2D eigenvalue weighted by Gasteiger charge is 2.28. The van der Waals surface area contributed by atoms with Gasteiger partial charge in [-0.05, 0) is 18.9 Å². The van der Waals surface area contributed by atoms with Crippen LogP contribution in [0.2, 0.25) is 10.0 Å². The van der Waals surface area contributed by atoms with Crippen molar-refractivity contribution in [3.63, 3.8) is 0 Å². The van der Waals surface area contributed by atoms with Crippen LogP contribution in [0, 0.1) is 5.92 Å². The number of rotatable bonds is 5. The summed E-state index contributed by atoms with van der Waals surface area (Å²) in [5.74, 6) is 0.964.